The molecule has 0 rings (SSSR count). The van der Waals surface area contributed by atoms with Gasteiger partial charge in [0, 0.05) is 5.54 Å². The molecule has 0 saturated carbocycles. The SMILES string of the molecule is CC(Cl)(Cl)C=CCl. The lowest BCUT2D eigenvalue weighted by atomic mass is 10.5. The minimum atomic E-state index is -0.818. The van der Waals surface area contributed by atoms with Gasteiger partial charge in [0.05, 0.1) is 0 Å². The fourth-order valence-corrected chi connectivity index (χ4v) is 0.618. The fourth-order valence-electron chi connectivity index (χ4n) is 0.111. The Morgan fingerprint density at radius 3 is 1.86 bits per heavy atom. The monoisotopic (exact) mass is 158 g/mol. The Labute approximate surface area is 58.1 Å². The summed E-state index contributed by atoms with van der Waals surface area (Å²) in [4.78, 5) is 0. The highest BCUT2D eigenvalue weighted by atomic mass is 35.5. The summed E-state index contributed by atoms with van der Waals surface area (Å²) in [5, 5.41) is 0. The van der Waals surface area contributed by atoms with Crippen LogP contribution in [0.1, 0.15) is 6.92 Å². The average molecular weight is 159 g/mol. The normalized spacial score (nSPS) is 13.1. The zero-order valence-electron chi connectivity index (χ0n) is 3.79. The van der Waals surface area contributed by atoms with Crippen molar-refractivity contribution in [3.63, 3.8) is 0 Å². The lowest BCUT2D eigenvalue weighted by Gasteiger charge is -2.02. The van der Waals surface area contributed by atoms with Crippen LogP contribution in [-0.2, 0) is 0 Å². The Hall–Kier alpha value is 0.610. The molecular weight excluding hydrogens is 154 g/mol. The molecule has 0 aromatic carbocycles. The summed E-state index contributed by atoms with van der Waals surface area (Å²) in [6.07, 6.45) is 1.48. The van der Waals surface area contributed by atoms with Crippen molar-refractivity contribution in [3.8, 4) is 0 Å². The summed E-state index contributed by atoms with van der Waals surface area (Å²) in [6, 6.07) is 0. The first-order valence-electron chi connectivity index (χ1n) is 1.72. The largest absolute Gasteiger partial charge is 0.134 e. The van der Waals surface area contributed by atoms with Gasteiger partial charge in [0.1, 0.15) is 4.33 Å². The first-order chi connectivity index (χ1) is 3.06. The van der Waals surface area contributed by atoms with Gasteiger partial charge in [0.2, 0.25) is 0 Å². The van der Waals surface area contributed by atoms with E-state index in [0.29, 0.717) is 0 Å². The molecule has 0 atom stereocenters. The molecule has 0 aliphatic rings. The van der Waals surface area contributed by atoms with E-state index < -0.39 is 4.33 Å². The summed E-state index contributed by atoms with van der Waals surface area (Å²) >= 11 is 16.0. The predicted octanol–water partition coefficient (Wildman–Crippen LogP) is 2.93. The molecule has 42 valence electrons. The van der Waals surface area contributed by atoms with Gasteiger partial charge in [-0.2, -0.15) is 0 Å². The van der Waals surface area contributed by atoms with Crippen molar-refractivity contribution in [1.82, 2.24) is 0 Å². The number of hydrogen-bond acceptors (Lipinski definition) is 0. The smallest absolute Gasteiger partial charge is 0.0973 e. The van der Waals surface area contributed by atoms with Crippen molar-refractivity contribution in [2.45, 2.75) is 11.3 Å². The molecular formula is C4H5Cl3. The molecule has 3 heteroatoms. The van der Waals surface area contributed by atoms with Crippen LogP contribution < -0.4 is 0 Å². The molecule has 0 N–H and O–H groups in total. The van der Waals surface area contributed by atoms with Crippen LogP contribution in [0, 0.1) is 0 Å². The third-order valence-electron chi connectivity index (χ3n) is 0.356. The van der Waals surface area contributed by atoms with Crippen molar-refractivity contribution in [3.05, 3.63) is 11.6 Å². The molecule has 0 spiro atoms. The zero-order valence-corrected chi connectivity index (χ0v) is 6.06. The van der Waals surface area contributed by atoms with Crippen molar-refractivity contribution in [2.24, 2.45) is 0 Å². The molecule has 0 radical (unpaired) electrons. The van der Waals surface area contributed by atoms with Gasteiger partial charge in [-0.05, 0) is 13.0 Å². The minimum Gasteiger partial charge on any atom is -0.0973 e. The predicted molar refractivity (Wildman–Crippen MR) is 35.1 cm³/mol. The van der Waals surface area contributed by atoms with Crippen LogP contribution in [0.25, 0.3) is 0 Å². The second kappa shape index (κ2) is 2.81. The molecule has 0 fully saturated rings. The number of allylic oxidation sites excluding steroid dienone is 1. The third-order valence-corrected chi connectivity index (χ3v) is 0.734. The molecule has 0 aliphatic carbocycles. The highest BCUT2D eigenvalue weighted by molar-refractivity contribution is 6.49. The zero-order chi connectivity index (χ0) is 5.91. The third kappa shape index (κ3) is 6.61. The maximum Gasteiger partial charge on any atom is 0.134 e. The van der Waals surface area contributed by atoms with Gasteiger partial charge >= 0.3 is 0 Å². The summed E-state index contributed by atoms with van der Waals surface area (Å²) < 4.78 is -0.818. The molecule has 0 heterocycles. The highest BCUT2D eigenvalue weighted by Crippen LogP contribution is 2.20. The van der Waals surface area contributed by atoms with E-state index in [0.717, 1.165) is 0 Å². The van der Waals surface area contributed by atoms with Crippen LogP contribution >= 0.6 is 34.8 Å². The van der Waals surface area contributed by atoms with Crippen LogP contribution in [0.2, 0.25) is 0 Å². The first-order valence-corrected chi connectivity index (χ1v) is 2.91. The van der Waals surface area contributed by atoms with E-state index in [1.807, 2.05) is 0 Å². The molecule has 0 aromatic rings. The highest BCUT2D eigenvalue weighted by Gasteiger charge is 2.08. The summed E-state index contributed by atoms with van der Waals surface area (Å²) in [7, 11) is 0. The maximum atomic E-state index is 5.43. The van der Waals surface area contributed by atoms with E-state index in [1.54, 1.807) is 6.92 Å². The summed E-state index contributed by atoms with van der Waals surface area (Å²) in [5.74, 6) is 0. The molecule has 0 aromatic heterocycles. The van der Waals surface area contributed by atoms with Gasteiger partial charge < -0.3 is 0 Å². The second-order valence-electron chi connectivity index (χ2n) is 1.25. The van der Waals surface area contributed by atoms with Crippen molar-refractivity contribution >= 4 is 34.8 Å². The van der Waals surface area contributed by atoms with E-state index in [9.17, 15) is 0 Å². The van der Waals surface area contributed by atoms with E-state index in [4.69, 9.17) is 34.8 Å². The quantitative estimate of drug-likeness (QED) is 0.516. The van der Waals surface area contributed by atoms with Crippen molar-refractivity contribution in [2.75, 3.05) is 0 Å². The average Bonchev–Trinajstić information content (AvgIpc) is 1.30. The van der Waals surface area contributed by atoms with Gasteiger partial charge in [-0.1, -0.05) is 34.8 Å². The number of halogens is 3. The molecule has 0 amide bonds. The topological polar surface area (TPSA) is 0 Å². The Morgan fingerprint density at radius 1 is 1.43 bits per heavy atom. The van der Waals surface area contributed by atoms with Gasteiger partial charge in [-0.3, -0.25) is 0 Å². The Morgan fingerprint density at radius 2 is 1.86 bits per heavy atom. The Balaban J connectivity index is 3.56. The van der Waals surface area contributed by atoms with Gasteiger partial charge in [0.25, 0.3) is 0 Å². The van der Waals surface area contributed by atoms with Crippen molar-refractivity contribution < 1.29 is 0 Å². The van der Waals surface area contributed by atoms with E-state index >= 15 is 0 Å². The standard InChI is InChI=1S/C4H5Cl3/c1-4(6,7)2-3-5/h2-3H,1H3. The summed E-state index contributed by atoms with van der Waals surface area (Å²) in [5.41, 5.74) is 1.29. The van der Waals surface area contributed by atoms with E-state index in [-0.39, 0.29) is 0 Å². The van der Waals surface area contributed by atoms with Crippen molar-refractivity contribution in [1.29, 1.82) is 0 Å². The number of hydrogen-bond donors (Lipinski definition) is 0. The van der Waals surface area contributed by atoms with Gasteiger partial charge in [-0.25, -0.2) is 0 Å². The van der Waals surface area contributed by atoms with Crippen LogP contribution in [0.5, 0.6) is 0 Å². The summed E-state index contributed by atoms with van der Waals surface area (Å²) in [6.45, 7) is 1.63. The number of alkyl halides is 2. The number of rotatable bonds is 1. The Bertz CT molecular complexity index is 69.5. The molecule has 0 aliphatic heterocycles. The second-order valence-corrected chi connectivity index (χ2v) is 3.26. The molecule has 0 unspecified atom stereocenters. The Kier molecular flexibility index (Phi) is 3.05. The van der Waals surface area contributed by atoms with Gasteiger partial charge in [0.15, 0.2) is 0 Å². The van der Waals surface area contributed by atoms with Crippen LogP contribution in [0.3, 0.4) is 0 Å². The molecule has 7 heavy (non-hydrogen) atoms. The van der Waals surface area contributed by atoms with Crippen LogP contribution in [-0.4, -0.2) is 4.33 Å². The van der Waals surface area contributed by atoms with E-state index in [1.165, 1.54) is 11.6 Å². The molecule has 0 nitrogen and oxygen atoms in total. The minimum absolute atomic E-state index is 0.818. The maximum absolute atomic E-state index is 5.43. The first kappa shape index (κ1) is 7.61. The van der Waals surface area contributed by atoms with Crippen LogP contribution in [0.15, 0.2) is 11.6 Å². The lowest BCUT2D eigenvalue weighted by Crippen LogP contribution is -1.97. The van der Waals surface area contributed by atoms with E-state index in [2.05, 4.69) is 0 Å². The lowest BCUT2D eigenvalue weighted by molar-refractivity contribution is 1.12. The van der Waals surface area contributed by atoms with Gasteiger partial charge in [-0.15, -0.1) is 0 Å². The molecule has 0 bridgehead atoms. The van der Waals surface area contributed by atoms with Crippen LogP contribution in [0.4, 0.5) is 0 Å². The molecule has 0 saturated heterocycles. The fraction of sp³-hybridized carbons (Fsp3) is 0.500.